The zero-order chi connectivity index (χ0) is 23.6. The lowest BCUT2D eigenvalue weighted by atomic mass is 9.98. The molecule has 0 saturated heterocycles. The van der Waals surface area contributed by atoms with Crippen LogP contribution in [0.5, 0.6) is 5.75 Å². The number of nitrogens with zero attached hydrogens (tertiary/aromatic N) is 2. The molecule has 0 saturated carbocycles. The zero-order valence-electron chi connectivity index (χ0n) is 19.9. The van der Waals surface area contributed by atoms with Gasteiger partial charge in [-0.25, -0.2) is 0 Å². The molecule has 0 heterocycles. The monoisotopic (exact) mass is 454 g/mol. The van der Waals surface area contributed by atoms with Gasteiger partial charge in [-0.05, 0) is 57.3 Å². The first kappa shape index (κ1) is 25.5. The number of rotatable bonds is 9. The second-order valence-corrected chi connectivity index (χ2v) is 8.90. The van der Waals surface area contributed by atoms with Gasteiger partial charge in [-0.1, -0.05) is 36.1 Å². The first-order valence-electron chi connectivity index (χ1n) is 10.6. The molecule has 0 amide bonds. The van der Waals surface area contributed by atoms with Crippen molar-refractivity contribution in [3.8, 4) is 17.6 Å². The summed E-state index contributed by atoms with van der Waals surface area (Å²) in [6.45, 7) is 7.59. The lowest BCUT2D eigenvalue weighted by Gasteiger charge is -2.25. The largest absolute Gasteiger partial charge is 0.491 e. The van der Waals surface area contributed by atoms with E-state index in [0.29, 0.717) is 18.3 Å². The van der Waals surface area contributed by atoms with Crippen LogP contribution in [0.15, 0.2) is 54.6 Å². The number of hydrogen-bond acceptors (Lipinski definition) is 5. The Morgan fingerprint density at radius 3 is 2.38 bits per heavy atom. The van der Waals surface area contributed by atoms with Crippen molar-refractivity contribution in [3.63, 3.8) is 0 Å². The molecule has 172 valence electrons. The summed E-state index contributed by atoms with van der Waals surface area (Å²) >= 11 is 5.40. The molecule has 0 spiro atoms. The first-order chi connectivity index (χ1) is 15.2. The molecular weight excluding hydrogens is 420 g/mol. The summed E-state index contributed by atoms with van der Waals surface area (Å²) in [5, 5.41) is 0.365. The van der Waals surface area contributed by atoms with Crippen LogP contribution in [0.2, 0.25) is 0 Å². The molecule has 6 heteroatoms. The fraction of sp³-hybridized carbons (Fsp3) is 0.423. The highest BCUT2D eigenvalue weighted by Gasteiger charge is 2.14. The van der Waals surface area contributed by atoms with E-state index in [1.165, 1.54) is 0 Å². The van der Waals surface area contributed by atoms with Gasteiger partial charge < -0.3 is 24.0 Å². The maximum atomic E-state index is 6.02. The van der Waals surface area contributed by atoms with Gasteiger partial charge in [-0.2, -0.15) is 0 Å². The maximum Gasteiger partial charge on any atom is 0.264 e. The Morgan fingerprint density at radius 1 is 1.03 bits per heavy atom. The number of likely N-dealkylation sites (N-methyl/N-ethyl adjacent to an activating group) is 1. The van der Waals surface area contributed by atoms with Gasteiger partial charge in [0.1, 0.15) is 18.5 Å². The first-order valence-corrected chi connectivity index (χ1v) is 11.0. The Morgan fingerprint density at radius 2 is 1.72 bits per heavy atom. The molecule has 0 aliphatic rings. The highest BCUT2D eigenvalue weighted by Crippen LogP contribution is 2.21. The summed E-state index contributed by atoms with van der Waals surface area (Å²) in [7, 11) is 5.62. The summed E-state index contributed by atoms with van der Waals surface area (Å²) in [5.41, 5.74) is 1.96. The van der Waals surface area contributed by atoms with Crippen LogP contribution < -0.4 is 14.5 Å². The number of methoxy groups -OCH3 is 1. The standard InChI is InChI=1S/C26H34N2O3S/c1-26(2,3)16-11-17-30-25(32)28(5)22-14-10-15-23(18-22)31-20-24(29-6)19-27(4)21-12-8-7-9-13-21/h7-10,12-15,18,24H,17,19-20H2,1-6H3. The Kier molecular flexibility index (Phi) is 9.83. The molecule has 2 rings (SSSR count). The minimum absolute atomic E-state index is 0.0570. The van der Waals surface area contributed by atoms with E-state index < -0.39 is 0 Å². The molecule has 0 N–H and O–H groups in total. The van der Waals surface area contributed by atoms with Gasteiger partial charge in [0.25, 0.3) is 5.17 Å². The van der Waals surface area contributed by atoms with Gasteiger partial charge in [0, 0.05) is 50.6 Å². The molecule has 0 bridgehead atoms. The predicted molar refractivity (Wildman–Crippen MR) is 137 cm³/mol. The molecule has 1 atom stereocenters. The quantitative estimate of drug-likeness (QED) is 0.392. The van der Waals surface area contributed by atoms with Crippen molar-refractivity contribution < 1.29 is 14.2 Å². The van der Waals surface area contributed by atoms with Crippen LogP contribution in [0.25, 0.3) is 0 Å². The van der Waals surface area contributed by atoms with E-state index in [1.54, 1.807) is 12.0 Å². The third-order valence-corrected chi connectivity index (χ3v) is 5.05. The topological polar surface area (TPSA) is 34.2 Å². The average molecular weight is 455 g/mol. The SMILES string of the molecule is COC(COc1cccc(N(C)C(=S)OCC#CC(C)(C)C)c1)CN(C)c1ccccc1. The van der Waals surface area contributed by atoms with Crippen LogP contribution in [0, 0.1) is 17.3 Å². The van der Waals surface area contributed by atoms with Gasteiger partial charge >= 0.3 is 0 Å². The van der Waals surface area contributed by atoms with Crippen LogP contribution in [0.4, 0.5) is 11.4 Å². The van der Waals surface area contributed by atoms with Gasteiger partial charge in [0.2, 0.25) is 0 Å². The molecular formula is C26H34N2O3S. The molecule has 0 aliphatic heterocycles. The summed E-state index contributed by atoms with van der Waals surface area (Å²) < 4.78 is 17.3. The fourth-order valence-electron chi connectivity index (χ4n) is 2.86. The smallest absolute Gasteiger partial charge is 0.264 e. The van der Waals surface area contributed by atoms with E-state index in [4.69, 9.17) is 26.4 Å². The number of para-hydroxylation sites is 1. The minimum Gasteiger partial charge on any atom is -0.491 e. The van der Waals surface area contributed by atoms with Crippen LogP contribution in [-0.2, 0) is 9.47 Å². The lowest BCUT2D eigenvalue weighted by molar-refractivity contribution is 0.0636. The van der Waals surface area contributed by atoms with E-state index in [0.717, 1.165) is 17.1 Å². The Bertz CT molecular complexity index is 916. The molecule has 32 heavy (non-hydrogen) atoms. The van der Waals surface area contributed by atoms with E-state index >= 15 is 0 Å². The summed E-state index contributed by atoms with van der Waals surface area (Å²) in [6.07, 6.45) is -0.0765. The molecule has 0 aromatic heterocycles. The molecule has 0 fully saturated rings. The number of ether oxygens (including phenoxy) is 3. The van der Waals surface area contributed by atoms with Crippen molar-refractivity contribution in [2.75, 3.05) is 50.8 Å². The van der Waals surface area contributed by atoms with Crippen molar-refractivity contribution in [1.82, 2.24) is 0 Å². The molecule has 0 radical (unpaired) electrons. The molecule has 1 unspecified atom stereocenters. The van der Waals surface area contributed by atoms with Crippen molar-refractivity contribution in [2.24, 2.45) is 5.41 Å². The van der Waals surface area contributed by atoms with E-state index in [-0.39, 0.29) is 18.1 Å². The predicted octanol–water partition coefficient (Wildman–Crippen LogP) is 5.00. The van der Waals surface area contributed by atoms with Gasteiger partial charge in [0.15, 0.2) is 6.61 Å². The molecule has 2 aromatic rings. The Labute approximate surface area is 198 Å². The lowest BCUT2D eigenvalue weighted by Crippen LogP contribution is -2.34. The molecule has 2 aromatic carbocycles. The van der Waals surface area contributed by atoms with E-state index in [1.807, 2.05) is 56.6 Å². The highest BCUT2D eigenvalue weighted by molar-refractivity contribution is 7.80. The van der Waals surface area contributed by atoms with E-state index in [2.05, 4.69) is 49.6 Å². The molecule has 5 nitrogen and oxygen atoms in total. The normalized spacial score (nSPS) is 11.7. The number of thiocarbonyl (C=S) groups is 1. The van der Waals surface area contributed by atoms with Crippen LogP contribution in [0.3, 0.4) is 0 Å². The third-order valence-electron chi connectivity index (χ3n) is 4.65. The van der Waals surface area contributed by atoms with E-state index in [9.17, 15) is 0 Å². The van der Waals surface area contributed by atoms with Gasteiger partial charge in [0.05, 0.1) is 0 Å². The fourth-order valence-corrected chi connectivity index (χ4v) is 3.03. The van der Waals surface area contributed by atoms with Crippen molar-refractivity contribution >= 4 is 28.8 Å². The third kappa shape index (κ3) is 8.78. The summed E-state index contributed by atoms with van der Waals surface area (Å²) in [6, 6.07) is 18.0. The second-order valence-electron chi connectivity index (χ2n) is 8.55. The number of hydrogen-bond donors (Lipinski definition) is 0. The highest BCUT2D eigenvalue weighted by atomic mass is 32.1. The Hall–Kier alpha value is -2.75. The summed E-state index contributed by atoms with van der Waals surface area (Å²) in [5.74, 6) is 6.89. The van der Waals surface area contributed by atoms with Gasteiger partial charge in [-0.15, -0.1) is 0 Å². The number of anilines is 2. The van der Waals surface area contributed by atoms with Crippen molar-refractivity contribution in [1.29, 1.82) is 0 Å². The minimum atomic E-state index is -0.0765. The number of benzene rings is 2. The summed E-state index contributed by atoms with van der Waals surface area (Å²) in [4.78, 5) is 3.96. The second kappa shape index (κ2) is 12.3. The van der Waals surface area contributed by atoms with Crippen LogP contribution in [-0.4, -0.2) is 52.2 Å². The molecule has 0 aliphatic carbocycles. The Balaban J connectivity index is 1.90. The zero-order valence-corrected chi connectivity index (χ0v) is 20.7. The van der Waals surface area contributed by atoms with Crippen LogP contribution >= 0.6 is 12.2 Å². The maximum absolute atomic E-state index is 6.02. The van der Waals surface area contributed by atoms with Crippen molar-refractivity contribution in [2.45, 2.75) is 26.9 Å². The van der Waals surface area contributed by atoms with Crippen LogP contribution in [0.1, 0.15) is 20.8 Å². The van der Waals surface area contributed by atoms with Gasteiger partial charge in [-0.3, -0.25) is 0 Å². The van der Waals surface area contributed by atoms with Crippen molar-refractivity contribution in [3.05, 3.63) is 54.6 Å². The average Bonchev–Trinajstić information content (AvgIpc) is 2.78.